The summed E-state index contributed by atoms with van der Waals surface area (Å²) in [6.45, 7) is 0.951. The minimum atomic E-state index is -0.189. The molecule has 0 spiro atoms. The molecule has 0 unspecified atom stereocenters. The fourth-order valence-corrected chi connectivity index (χ4v) is 5.85. The summed E-state index contributed by atoms with van der Waals surface area (Å²) in [6.07, 6.45) is 6.35. The number of carbonyl (C=O) groups excluding carboxylic acids is 2. The standard InChI is InChI=1S/C24H23BrN2O2/c25-22-21(16-8-2-1-3-9-16)19-12-6-7-13-20(19)26(22)14-15-27-23(28)17-10-4-5-11-18(17)24(27)29/h4-7,10-13,16H,1-3,8-9,14-15H2. The normalized spacial score (nSPS) is 17.3. The van der Waals surface area contributed by atoms with Crippen LogP contribution in [0.25, 0.3) is 10.9 Å². The van der Waals surface area contributed by atoms with Crippen molar-refractivity contribution in [3.05, 3.63) is 69.8 Å². The highest BCUT2D eigenvalue weighted by Gasteiger charge is 2.35. The predicted molar refractivity (Wildman–Crippen MR) is 117 cm³/mol. The number of fused-ring (bicyclic) bond motifs is 2. The first kappa shape index (κ1) is 18.6. The molecule has 0 radical (unpaired) electrons. The first-order chi connectivity index (χ1) is 14.2. The SMILES string of the molecule is O=C1c2ccccc2C(=O)N1CCn1c(Br)c(C2CCCCC2)c2ccccc21. The van der Waals surface area contributed by atoms with Crippen molar-refractivity contribution in [2.75, 3.05) is 6.54 Å². The summed E-state index contributed by atoms with van der Waals surface area (Å²) in [4.78, 5) is 26.8. The molecule has 0 N–H and O–H groups in total. The fraction of sp³-hybridized carbons (Fsp3) is 0.333. The number of para-hydroxylation sites is 1. The van der Waals surface area contributed by atoms with Crippen LogP contribution in [0.5, 0.6) is 0 Å². The molecular weight excluding hydrogens is 428 g/mol. The summed E-state index contributed by atoms with van der Waals surface area (Å²) < 4.78 is 3.32. The van der Waals surface area contributed by atoms with Crippen LogP contribution >= 0.6 is 15.9 Å². The number of nitrogens with zero attached hydrogens (tertiary/aromatic N) is 2. The molecule has 0 atom stereocenters. The summed E-state index contributed by atoms with van der Waals surface area (Å²) >= 11 is 3.87. The maximum atomic E-state index is 12.7. The van der Waals surface area contributed by atoms with E-state index in [9.17, 15) is 9.59 Å². The first-order valence-electron chi connectivity index (χ1n) is 10.4. The number of imide groups is 1. The minimum Gasteiger partial charge on any atom is -0.333 e. The zero-order valence-corrected chi connectivity index (χ0v) is 17.8. The van der Waals surface area contributed by atoms with Crippen molar-refractivity contribution in [3.63, 3.8) is 0 Å². The highest BCUT2D eigenvalue weighted by Crippen LogP contribution is 2.42. The molecule has 2 aliphatic rings. The fourth-order valence-electron chi connectivity index (χ4n) is 4.94. The number of hydrogen-bond donors (Lipinski definition) is 0. The van der Waals surface area contributed by atoms with E-state index < -0.39 is 0 Å². The Hall–Kier alpha value is -2.40. The van der Waals surface area contributed by atoms with Crippen molar-refractivity contribution in [1.29, 1.82) is 0 Å². The Morgan fingerprint density at radius 3 is 2.14 bits per heavy atom. The Kier molecular flexibility index (Phi) is 4.78. The molecule has 3 aromatic rings. The van der Waals surface area contributed by atoms with E-state index >= 15 is 0 Å². The average Bonchev–Trinajstić information content (AvgIpc) is 3.18. The Labute approximate surface area is 178 Å². The van der Waals surface area contributed by atoms with Gasteiger partial charge < -0.3 is 4.57 Å². The first-order valence-corrected chi connectivity index (χ1v) is 11.2. The van der Waals surface area contributed by atoms with Gasteiger partial charge in [0.2, 0.25) is 0 Å². The van der Waals surface area contributed by atoms with Crippen molar-refractivity contribution in [2.45, 2.75) is 44.6 Å². The van der Waals surface area contributed by atoms with Crippen LogP contribution in [0.4, 0.5) is 0 Å². The highest BCUT2D eigenvalue weighted by atomic mass is 79.9. The Balaban J connectivity index is 1.47. The van der Waals surface area contributed by atoms with Crippen LogP contribution in [0.3, 0.4) is 0 Å². The van der Waals surface area contributed by atoms with Crippen LogP contribution in [0, 0.1) is 0 Å². The quantitative estimate of drug-likeness (QED) is 0.475. The maximum absolute atomic E-state index is 12.7. The lowest BCUT2D eigenvalue weighted by Crippen LogP contribution is -2.32. The third kappa shape index (κ3) is 3.03. The van der Waals surface area contributed by atoms with E-state index in [1.807, 2.05) is 0 Å². The predicted octanol–water partition coefficient (Wildman–Crippen LogP) is 5.75. The van der Waals surface area contributed by atoms with Crippen LogP contribution in [0.2, 0.25) is 0 Å². The molecular formula is C24H23BrN2O2. The number of amides is 2. The molecule has 1 fully saturated rings. The van der Waals surface area contributed by atoms with Crippen LogP contribution in [-0.4, -0.2) is 27.8 Å². The Bertz CT molecular complexity index is 1080. The molecule has 148 valence electrons. The Morgan fingerprint density at radius 2 is 1.45 bits per heavy atom. The average molecular weight is 451 g/mol. The lowest BCUT2D eigenvalue weighted by molar-refractivity contribution is 0.0649. The lowest BCUT2D eigenvalue weighted by Gasteiger charge is -2.22. The van der Waals surface area contributed by atoms with Gasteiger partial charge in [-0.2, -0.15) is 0 Å². The van der Waals surface area contributed by atoms with Crippen LogP contribution in [0.1, 0.15) is 64.3 Å². The number of aromatic nitrogens is 1. The van der Waals surface area contributed by atoms with Gasteiger partial charge in [-0.25, -0.2) is 0 Å². The summed E-state index contributed by atoms with van der Waals surface area (Å²) in [5, 5.41) is 1.29. The second-order valence-electron chi connectivity index (χ2n) is 8.02. The molecule has 5 heteroatoms. The van der Waals surface area contributed by atoms with E-state index in [4.69, 9.17) is 0 Å². The smallest absolute Gasteiger partial charge is 0.261 e. The van der Waals surface area contributed by atoms with Gasteiger partial charge in [-0.15, -0.1) is 0 Å². The molecule has 4 nitrogen and oxygen atoms in total. The topological polar surface area (TPSA) is 42.3 Å². The van der Waals surface area contributed by atoms with Crippen molar-refractivity contribution < 1.29 is 9.59 Å². The molecule has 0 saturated heterocycles. The van der Waals surface area contributed by atoms with Gasteiger partial charge in [0.25, 0.3) is 11.8 Å². The summed E-state index contributed by atoms with van der Waals surface area (Å²) in [5.41, 5.74) is 3.58. The summed E-state index contributed by atoms with van der Waals surface area (Å²) in [6, 6.07) is 15.6. The van der Waals surface area contributed by atoms with Crippen LogP contribution in [-0.2, 0) is 6.54 Å². The molecule has 1 aliphatic carbocycles. The van der Waals surface area contributed by atoms with E-state index in [1.165, 1.54) is 48.0 Å². The number of halogens is 1. The van der Waals surface area contributed by atoms with Gasteiger partial charge in [0, 0.05) is 24.0 Å². The van der Waals surface area contributed by atoms with Gasteiger partial charge in [-0.1, -0.05) is 49.6 Å². The Morgan fingerprint density at radius 1 is 0.828 bits per heavy atom. The third-order valence-electron chi connectivity index (χ3n) is 6.38. The van der Waals surface area contributed by atoms with Crippen molar-refractivity contribution in [1.82, 2.24) is 9.47 Å². The van der Waals surface area contributed by atoms with Crippen molar-refractivity contribution in [3.8, 4) is 0 Å². The highest BCUT2D eigenvalue weighted by molar-refractivity contribution is 9.10. The lowest BCUT2D eigenvalue weighted by atomic mass is 9.84. The van der Waals surface area contributed by atoms with E-state index in [-0.39, 0.29) is 11.8 Å². The molecule has 2 amide bonds. The molecule has 1 aliphatic heterocycles. The van der Waals surface area contributed by atoms with E-state index in [0.29, 0.717) is 30.1 Å². The molecule has 2 aromatic carbocycles. The van der Waals surface area contributed by atoms with Crippen LogP contribution in [0.15, 0.2) is 53.1 Å². The summed E-state index contributed by atoms with van der Waals surface area (Å²) in [5.74, 6) is 0.194. The van der Waals surface area contributed by atoms with Gasteiger partial charge in [-0.3, -0.25) is 14.5 Å². The monoisotopic (exact) mass is 450 g/mol. The van der Waals surface area contributed by atoms with Gasteiger partial charge in [0.15, 0.2) is 0 Å². The second kappa shape index (κ2) is 7.45. The molecule has 29 heavy (non-hydrogen) atoms. The van der Waals surface area contributed by atoms with Crippen LogP contribution < -0.4 is 0 Å². The van der Waals surface area contributed by atoms with E-state index in [2.05, 4.69) is 44.8 Å². The molecule has 0 bridgehead atoms. The van der Waals surface area contributed by atoms with Gasteiger partial charge in [0.05, 0.1) is 15.7 Å². The molecule has 2 heterocycles. The van der Waals surface area contributed by atoms with E-state index in [0.717, 1.165) is 10.1 Å². The zero-order chi connectivity index (χ0) is 20.0. The summed E-state index contributed by atoms with van der Waals surface area (Å²) in [7, 11) is 0. The van der Waals surface area contributed by atoms with E-state index in [1.54, 1.807) is 24.3 Å². The molecule has 1 saturated carbocycles. The van der Waals surface area contributed by atoms with Crippen molar-refractivity contribution in [2.24, 2.45) is 0 Å². The maximum Gasteiger partial charge on any atom is 0.261 e. The second-order valence-corrected chi connectivity index (χ2v) is 8.77. The molecule has 1 aromatic heterocycles. The van der Waals surface area contributed by atoms with Gasteiger partial charge >= 0.3 is 0 Å². The number of rotatable bonds is 4. The minimum absolute atomic E-state index is 0.189. The van der Waals surface area contributed by atoms with Gasteiger partial charge in [0.1, 0.15) is 0 Å². The third-order valence-corrected chi connectivity index (χ3v) is 7.24. The number of hydrogen-bond acceptors (Lipinski definition) is 2. The number of carbonyl (C=O) groups is 2. The van der Waals surface area contributed by atoms with Gasteiger partial charge in [-0.05, 0) is 58.5 Å². The number of benzene rings is 2. The largest absolute Gasteiger partial charge is 0.333 e. The molecule has 5 rings (SSSR count). The zero-order valence-electron chi connectivity index (χ0n) is 16.2. The van der Waals surface area contributed by atoms with Crippen molar-refractivity contribution >= 4 is 38.6 Å².